The molecule has 7 heteroatoms. The Morgan fingerprint density at radius 2 is 1.89 bits per heavy atom. The van der Waals surface area contributed by atoms with Gasteiger partial charge in [-0.2, -0.15) is 0 Å². The predicted molar refractivity (Wildman–Crippen MR) is 102 cm³/mol. The molecule has 0 atom stereocenters. The SMILES string of the molecule is O=C(O)c1cc(Nc2nc(CN3CCCC3)nc3ccccc23)ccc1O. The van der Waals surface area contributed by atoms with Crippen LogP contribution in [0.15, 0.2) is 42.5 Å². The Morgan fingerprint density at radius 3 is 2.67 bits per heavy atom. The number of carboxylic acids is 1. The van der Waals surface area contributed by atoms with Crippen LogP contribution in [-0.4, -0.2) is 44.1 Å². The highest BCUT2D eigenvalue weighted by atomic mass is 16.4. The largest absolute Gasteiger partial charge is 0.507 e. The van der Waals surface area contributed by atoms with Crippen LogP contribution in [0.5, 0.6) is 5.75 Å². The molecule has 4 rings (SSSR count). The van der Waals surface area contributed by atoms with Crippen LogP contribution in [0.1, 0.15) is 29.0 Å². The summed E-state index contributed by atoms with van der Waals surface area (Å²) in [6, 6.07) is 12.1. The number of carbonyl (C=O) groups is 1. The molecule has 138 valence electrons. The number of nitrogens with zero attached hydrogens (tertiary/aromatic N) is 3. The third-order valence-corrected chi connectivity index (χ3v) is 4.70. The summed E-state index contributed by atoms with van der Waals surface area (Å²) in [6.45, 7) is 2.80. The molecule has 0 unspecified atom stereocenters. The highest BCUT2D eigenvalue weighted by molar-refractivity contribution is 5.94. The molecule has 1 saturated heterocycles. The summed E-state index contributed by atoms with van der Waals surface area (Å²) < 4.78 is 0. The monoisotopic (exact) mass is 364 g/mol. The van der Waals surface area contributed by atoms with E-state index in [1.54, 1.807) is 6.07 Å². The van der Waals surface area contributed by atoms with Crippen molar-refractivity contribution in [2.45, 2.75) is 19.4 Å². The molecule has 3 aromatic rings. The minimum Gasteiger partial charge on any atom is -0.507 e. The number of likely N-dealkylation sites (tertiary alicyclic amines) is 1. The zero-order chi connectivity index (χ0) is 18.8. The fourth-order valence-corrected chi connectivity index (χ4v) is 3.35. The summed E-state index contributed by atoms with van der Waals surface area (Å²) in [5.74, 6) is -0.0964. The van der Waals surface area contributed by atoms with Gasteiger partial charge >= 0.3 is 5.97 Å². The molecular formula is C20H20N4O3. The maximum atomic E-state index is 11.3. The maximum absolute atomic E-state index is 11.3. The second-order valence-corrected chi connectivity index (χ2v) is 6.65. The summed E-state index contributed by atoms with van der Waals surface area (Å²) in [5, 5.41) is 23.0. The molecule has 0 amide bonds. The zero-order valence-electron chi connectivity index (χ0n) is 14.7. The topological polar surface area (TPSA) is 98.6 Å². The third-order valence-electron chi connectivity index (χ3n) is 4.70. The van der Waals surface area contributed by atoms with E-state index in [0.717, 1.165) is 29.8 Å². The first-order chi connectivity index (χ1) is 13.1. The minimum absolute atomic E-state index is 0.157. The van der Waals surface area contributed by atoms with E-state index in [1.807, 2.05) is 24.3 Å². The molecule has 2 aromatic carbocycles. The van der Waals surface area contributed by atoms with Crippen LogP contribution in [0.4, 0.5) is 11.5 Å². The van der Waals surface area contributed by atoms with Gasteiger partial charge in [0.2, 0.25) is 0 Å². The Labute approximate surface area is 156 Å². The van der Waals surface area contributed by atoms with E-state index in [-0.39, 0.29) is 11.3 Å². The number of fused-ring (bicyclic) bond motifs is 1. The van der Waals surface area contributed by atoms with Crippen molar-refractivity contribution in [3.8, 4) is 5.75 Å². The number of rotatable bonds is 5. The number of benzene rings is 2. The van der Waals surface area contributed by atoms with Gasteiger partial charge in [-0.05, 0) is 56.3 Å². The van der Waals surface area contributed by atoms with Crippen LogP contribution in [0.3, 0.4) is 0 Å². The standard InChI is InChI=1S/C20H20N4O3/c25-17-8-7-13(11-15(17)20(26)27)21-19-14-5-1-2-6-16(14)22-18(23-19)12-24-9-3-4-10-24/h1-2,5-8,11,25H,3-4,9-10,12H2,(H,26,27)(H,21,22,23). The first kappa shape index (κ1) is 17.2. The van der Waals surface area contributed by atoms with Crippen LogP contribution >= 0.6 is 0 Å². The Bertz CT molecular complexity index is 1000. The van der Waals surface area contributed by atoms with Crippen molar-refractivity contribution in [2.75, 3.05) is 18.4 Å². The smallest absolute Gasteiger partial charge is 0.339 e. The Hall–Kier alpha value is -3.19. The molecule has 27 heavy (non-hydrogen) atoms. The van der Waals surface area contributed by atoms with Gasteiger partial charge in [0.1, 0.15) is 23.0 Å². The highest BCUT2D eigenvalue weighted by Crippen LogP contribution is 2.27. The Morgan fingerprint density at radius 1 is 1.11 bits per heavy atom. The number of aromatic hydroxyl groups is 1. The molecule has 1 aliphatic rings. The molecule has 0 bridgehead atoms. The lowest BCUT2D eigenvalue weighted by Gasteiger charge is -2.16. The van der Waals surface area contributed by atoms with Gasteiger partial charge < -0.3 is 15.5 Å². The van der Waals surface area contributed by atoms with E-state index in [2.05, 4.69) is 20.2 Å². The molecular weight excluding hydrogens is 344 g/mol. The second-order valence-electron chi connectivity index (χ2n) is 6.65. The lowest BCUT2D eigenvalue weighted by molar-refractivity contribution is 0.0694. The van der Waals surface area contributed by atoms with Gasteiger partial charge in [-0.25, -0.2) is 14.8 Å². The van der Waals surface area contributed by atoms with E-state index in [0.29, 0.717) is 18.1 Å². The molecule has 0 radical (unpaired) electrons. The number of aromatic carboxylic acids is 1. The van der Waals surface area contributed by atoms with Gasteiger partial charge in [-0.15, -0.1) is 0 Å². The van der Waals surface area contributed by atoms with Gasteiger partial charge in [-0.3, -0.25) is 4.90 Å². The van der Waals surface area contributed by atoms with Crippen LogP contribution in [-0.2, 0) is 6.54 Å². The summed E-state index contributed by atoms with van der Waals surface area (Å²) in [4.78, 5) is 23.0. The first-order valence-corrected chi connectivity index (χ1v) is 8.91. The number of hydrogen-bond acceptors (Lipinski definition) is 6. The van der Waals surface area contributed by atoms with Crippen LogP contribution < -0.4 is 5.32 Å². The number of para-hydroxylation sites is 1. The van der Waals surface area contributed by atoms with Crippen LogP contribution in [0.25, 0.3) is 10.9 Å². The second kappa shape index (κ2) is 7.20. The first-order valence-electron chi connectivity index (χ1n) is 8.91. The van der Waals surface area contributed by atoms with E-state index < -0.39 is 5.97 Å². The Balaban J connectivity index is 1.71. The van der Waals surface area contributed by atoms with Crippen molar-refractivity contribution in [1.82, 2.24) is 14.9 Å². The molecule has 0 spiro atoms. The van der Waals surface area contributed by atoms with E-state index in [9.17, 15) is 15.0 Å². The molecule has 0 aliphatic carbocycles. The summed E-state index contributed by atoms with van der Waals surface area (Å²) >= 11 is 0. The molecule has 2 heterocycles. The van der Waals surface area contributed by atoms with Crippen molar-refractivity contribution in [2.24, 2.45) is 0 Å². The van der Waals surface area contributed by atoms with Crippen molar-refractivity contribution in [1.29, 1.82) is 0 Å². The Kier molecular flexibility index (Phi) is 4.60. The maximum Gasteiger partial charge on any atom is 0.339 e. The average molecular weight is 364 g/mol. The number of aromatic nitrogens is 2. The van der Waals surface area contributed by atoms with Crippen molar-refractivity contribution >= 4 is 28.4 Å². The average Bonchev–Trinajstić information content (AvgIpc) is 3.16. The number of nitrogens with one attached hydrogen (secondary N) is 1. The van der Waals surface area contributed by atoms with Gasteiger partial charge in [0.25, 0.3) is 0 Å². The predicted octanol–water partition coefficient (Wildman–Crippen LogP) is 3.37. The normalized spacial score (nSPS) is 14.5. The summed E-state index contributed by atoms with van der Waals surface area (Å²) in [6.07, 6.45) is 2.40. The highest BCUT2D eigenvalue weighted by Gasteiger charge is 2.16. The van der Waals surface area contributed by atoms with E-state index >= 15 is 0 Å². The number of phenols is 1. The number of anilines is 2. The van der Waals surface area contributed by atoms with Gasteiger partial charge in [0, 0.05) is 11.1 Å². The number of carboxylic acid groups (broad SMARTS) is 1. The van der Waals surface area contributed by atoms with Crippen LogP contribution in [0, 0.1) is 0 Å². The third kappa shape index (κ3) is 3.68. The molecule has 1 aliphatic heterocycles. The quantitative estimate of drug-likeness (QED) is 0.597. The fourth-order valence-electron chi connectivity index (χ4n) is 3.35. The molecule has 1 aromatic heterocycles. The summed E-state index contributed by atoms with van der Waals surface area (Å²) in [7, 11) is 0. The van der Waals surface area contributed by atoms with E-state index in [4.69, 9.17) is 0 Å². The van der Waals surface area contributed by atoms with Gasteiger partial charge in [-0.1, -0.05) is 12.1 Å². The molecule has 3 N–H and O–H groups in total. The van der Waals surface area contributed by atoms with Crippen molar-refractivity contribution in [3.63, 3.8) is 0 Å². The van der Waals surface area contributed by atoms with Gasteiger partial charge in [0.05, 0.1) is 12.1 Å². The molecule has 0 saturated carbocycles. The minimum atomic E-state index is -1.18. The molecule has 7 nitrogen and oxygen atoms in total. The van der Waals surface area contributed by atoms with Crippen molar-refractivity contribution in [3.05, 3.63) is 53.9 Å². The van der Waals surface area contributed by atoms with E-state index in [1.165, 1.54) is 25.0 Å². The fraction of sp³-hybridized carbons (Fsp3) is 0.250. The van der Waals surface area contributed by atoms with Crippen LogP contribution in [0.2, 0.25) is 0 Å². The molecule has 1 fully saturated rings. The van der Waals surface area contributed by atoms with Gasteiger partial charge in [0.15, 0.2) is 0 Å². The number of hydrogen-bond donors (Lipinski definition) is 3. The van der Waals surface area contributed by atoms with Crippen molar-refractivity contribution < 1.29 is 15.0 Å². The zero-order valence-corrected chi connectivity index (χ0v) is 14.7. The lowest BCUT2D eigenvalue weighted by atomic mass is 10.1. The lowest BCUT2D eigenvalue weighted by Crippen LogP contribution is -2.20. The summed E-state index contributed by atoms with van der Waals surface area (Å²) in [5.41, 5.74) is 1.22.